The molecule has 0 bridgehead atoms. The fraction of sp³-hybridized carbons (Fsp3) is 0.931. The lowest BCUT2D eigenvalue weighted by molar-refractivity contribution is -0.111. The standard InChI is InChI=1S/C29H49N/c1-19-16-21(6-9-26(19)30)17-22-11-13-27(3)23(18-22)7-8-25-24(27)12-15-28(4)20(2)10-14-29(25,28)5/h18-22,24-26H,6-17,30H2,1-5H3/t19-,20?,21?,22?,24?,25?,26?,27?,28?,29?/m1/s1. The Morgan fingerprint density at radius 3 is 2.40 bits per heavy atom. The summed E-state index contributed by atoms with van der Waals surface area (Å²) < 4.78 is 0. The summed E-state index contributed by atoms with van der Waals surface area (Å²) in [5.41, 5.74) is 9.89. The van der Waals surface area contributed by atoms with Gasteiger partial charge in [-0.25, -0.2) is 0 Å². The first-order chi connectivity index (χ1) is 14.2. The van der Waals surface area contributed by atoms with Crippen LogP contribution in [0.5, 0.6) is 0 Å². The van der Waals surface area contributed by atoms with Crippen LogP contribution in [-0.4, -0.2) is 6.04 Å². The molecule has 170 valence electrons. The van der Waals surface area contributed by atoms with E-state index in [0.717, 1.165) is 35.5 Å². The minimum absolute atomic E-state index is 0.459. The molecule has 4 saturated carbocycles. The maximum atomic E-state index is 6.29. The number of hydrogen-bond donors (Lipinski definition) is 1. The van der Waals surface area contributed by atoms with Crippen molar-refractivity contribution in [2.75, 3.05) is 0 Å². The van der Waals surface area contributed by atoms with Gasteiger partial charge in [-0.15, -0.1) is 0 Å². The molecule has 5 rings (SSSR count). The van der Waals surface area contributed by atoms with Crippen LogP contribution in [0, 0.1) is 51.8 Å². The van der Waals surface area contributed by atoms with Gasteiger partial charge in [0.25, 0.3) is 0 Å². The van der Waals surface area contributed by atoms with E-state index in [0.29, 0.717) is 22.3 Å². The van der Waals surface area contributed by atoms with Crippen molar-refractivity contribution in [3.05, 3.63) is 11.6 Å². The summed E-state index contributed by atoms with van der Waals surface area (Å²) in [6.07, 6.45) is 20.0. The molecule has 5 aliphatic carbocycles. The third-order valence-electron chi connectivity index (χ3n) is 12.5. The van der Waals surface area contributed by atoms with E-state index >= 15 is 0 Å². The van der Waals surface area contributed by atoms with Crippen LogP contribution in [0.25, 0.3) is 0 Å². The molecule has 2 N–H and O–H groups in total. The van der Waals surface area contributed by atoms with Gasteiger partial charge in [0.1, 0.15) is 0 Å². The Balaban J connectivity index is 1.33. The van der Waals surface area contributed by atoms with Crippen molar-refractivity contribution < 1.29 is 0 Å². The zero-order valence-electron chi connectivity index (χ0n) is 20.7. The highest BCUT2D eigenvalue weighted by Gasteiger charge is 2.63. The summed E-state index contributed by atoms with van der Waals surface area (Å²) in [5.74, 6) is 5.36. The van der Waals surface area contributed by atoms with Gasteiger partial charge in [0.05, 0.1) is 0 Å². The van der Waals surface area contributed by atoms with Gasteiger partial charge >= 0.3 is 0 Å². The lowest BCUT2D eigenvalue weighted by Crippen LogP contribution is -2.55. The fourth-order valence-corrected chi connectivity index (χ4v) is 9.87. The van der Waals surface area contributed by atoms with Crippen molar-refractivity contribution in [1.82, 2.24) is 0 Å². The average molecular weight is 412 g/mol. The van der Waals surface area contributed by atoms with Crippen molar-refractivity contribution in [3.63, 3.8) is 0 Å². The van der Waals surface area contributed by atoms with Crippen molar-refractivity contribution in [2.24, 2.45) is 57.5 Å². The molecule has 1 nitrogen and oxygen atoms in total. The molecule has 10 atom stereocenters. The topological polar surface area (TPSA) is 26.0 Å². The van der Waals surface area contributed by atoms with Crippen molar-refractivity contribution >= 4 is 0 Å². The van der Waals surface area contributed by atoms with Crippen LogP contribution >= 0.6 is 0 Å². The Morgan fingerprint density at radius 1 is 0.867 bits per heavy atom. The maximum Gasteiger partial charge on any atom is 0.00647 e. The van der Waals surface area contributed by atoms with Crippen LogP contribution in [0.2, 0.25) is 0 Å². The second-order valence-corrected chi connectivity index (χ2v) is 13.5. The Kier molecular flexibility index (Phi) is 5.28. The first-order valence-corrected chi connectivity index (χ1v) is 13.6. The Labute approximate surface area is 187 Å². The minimum atomic E-state index is 0.459. The summed E-state index contributed by atoms with van der Waals surface area (Å²) >= 11 is 0. The van der Waals surface area contributed by atoms with Crippen LogP contribution < -0.4 is 5.73 Å². The highest BCUT2D eigenvalue weighted by Crippen LogP contribution is 2.72. The molecule has 0 aliphatic heterocycles. The molecule has 5 aliphatic rings. The first kappa shape index (κ1) is 21.5. The van der Waals surface area contributed by atoms with E-state index in [9.17, 15) is 0 Å². The quantitative estimate of drug-likeness (QED) is 0.462. The molecule has 4 fully saturated rings. The molecule has 9 unspecified atom stereocenters. The lowest BCUT2D eigenvalue weighted by atomic mass is 9.42. The molecule has 0 heterocycles. The Morgan fingerprint density at radius 2 is 1.63 bits per heavy atom. The van der Waals surface area contributed by atoms with Gasteiger partial charge in [0.15, 0.2) is 0 Å². The molecule has 0 spiro atoms. The second-order valence-electron chi connectivity index (χ2n) is 13.5. The first-order valence-electron chi connectivity index (χ1n) is 13.6. The molecular weight excluding hydrogens is 362 g/mol. The van der Waals surface area contributed by atoms with Crippen molar-refractivity contribution in [1.29, 1.82) is 0 Å². The highest BCUT2D eigenvalue weighted by atomic mass is 14.7. The van der Waals surface area contributed by atoms with Gasteiger partial charge in [-0.3, -0.25) is 0 Å². The third kappa shape index (κ3) is 3.03. The smallest absolute Gasteiger partial charge is 0.00647 e. The molecule has 30 heavy (non-hydrogen) atoms. The number of nitrogens with two attached hydrogens (primary N) is 1. The van der Waals surface area contributed by atoms with E-state index in [2.05, 4.69) is 40.7 Å². The monoisotopic (exact) mass is 411 g/mol. The van der Waals surface area contributed by atoms with Gasteiger partial charge in [-0.05, 0) is 129 Å². The largest absolute Gasteiger partial charge is 0.327 e. The summed E-state index contributed by atoms with van der Waals surface area (Å²) in [4.78, 5) is 0. The van der Waals surface area contributed by atoms with E-state index in [1.54, 1.807) is 0 Å². The number of fused-ring (bicyclic) bond motifs is 5. The normalized spacial score (nSPS) is 55.9. The van der Waals surface area contributed by atoms with Crippen molar-refractivity contribution in [2.45, 2.75) is 118 Å². The predicted molar refractivity (Wildman–Crippen MR) is 128 cm³/mol. The zero-order valence-corrected chi connectivity index (χ0v) is 20.7. The molecule has 0 saturated heterocycles. The van der Waals surface area contributed by atoms with Gasteiger partial charge in [-0.2, -0.15) is 0 Å². The van der Waals surface area contributed by atoms with E-state index < -0.39 is 0 Å². The lowest BCUT2D eigenvalue weighted by Gasteiger charge is -2.63. The van der Waals surface area contributed by atoms with Gasteiger partial charge in [0, 0.05) is 6.04 Å². The molecule has 0 aromatic carbocycles. The van der Waals surface area contributed by atoms with Crippen LogP contribution in [0.15, 0.2) is 11.6 Å². The molecule has 0 amide bonds. The Bertz CT molecular complexity index is 694. The zero-order chi connectivity index (χ0) is 21.3. The Hall–Kier alpha value is -0.300. The third-order valence-corrected chi connectivity index (χ3v) is 12.5. The summed E-state index contributed by atoms with van der Waals surface area (Å²) in [6.45, 7) is 13.0. The van der Waals surface area contributed by atoms with E-state index in [-0.39, 0.29) is 0 Å². The summed E-state index contributed by atoms with van der Waals surface area (Å²) in [6, 6.07) is 0.459. The highest BCUT2D eigenvalue weighted by molar-refractivity contribution is 5.26. The molecule has 1 heteroatoms. The molecule has 0 radical (unpaired) electrons. The van der Waals surface area contributed by atoms with E-state index in [1.165, 1.54) is 77.0 Å². The summed E-state index contributed by atoms with van der Waals surface area (Å²) in [7, 11) is 0. The fourth-order valence-electron chi connectivity index (χ4n) is 9.87. The van der Waals surface area contributed by atoms with Crippen LogP contribution in [-0.2, 0) is 0 Å². The second kappa shape index (κ2) is 7.36. The van der Waals surface area contributed by atoms with Gasteiger partial charge in [0.2, 0.25) is 0 Å². The van der Waals surface area contributed by atoms with E-state index in [4.69, 9.17) is 5.73 Å². The van der Waals surface area contributed by atoms with Crippen LogP contribution in [0.1, 0.15) is 112 Å². The van der Waals surface area contributed by atoms with Crippen LogP contribution in [0.4, 0.5) is 0 Å². The average Bonchev–Trinajstić information content (AvgIpc) is 2.95. The SMILES string of the molecule is CC1CCC2(C)C3CCC4=CC(CC5CCC(N)[C@H](C)C5)CCC4(C)C3CCC12C. The maximum absolute atomic E-state index is 6.29. The summed E-state index contributed by atoms with van der Waals surface area (Å²) in [5, 5.41) is 0. The van der Waals surface area contributed by atoms with Gasteiger partial charge in [-0.1, -0.05) is 46.3 Å². The number of rotatable bonds is 2. The molecule has 0 aromatic rings. The molecule has 0 aromatic heterocycles. The van der Waals surface area contributed by atoms with Crippen LogP contribution in [0.3, 0.4) is 0 Å². The number of hydrogen-bond acceptors (Lipinski definition) is 1. The number of allylic oxidation sites excluding steroid dienone is 2. The van der Waals surface area contributed by atoms with Crippen molar-refractivity contribution in [3.8, 4) is 0 Å². The molecular formula is C29H49N. The van der Waals surface area contributed by atoms with E-state index in [1.807, 2.05) is 5.57 Å². The minimum Gasteiger partial charge on any atom is -0.327 e. The van der Waals surface area contributed by atoms with Gasteiger partial charge < -0.3 is 5.73 Å². The predicted octanol–water partition coefficient (Wildman–Crippen LogP) is 7.75.